The Kier molecular flexibility index (Phi) is 4.04. The number of thiophene rings is 1. The fourth-order valence-electron chi connectivity index (χ4n) is 2.60. The third-order valence-corrected chi connectivity index (χ3v) is 5.57. The molecule has 6 heteroatoms. The predicted molar refractivity (Wildman–Crippen MR) is 84.9 cm³/mol. The van der Waals surface area contributed by atoms with Crippen molar-refractivity contribution in [1.82, 2.24) is 4.98 Å². The van der Waals surface area contributed by atoms with Crippen LogP contribution in [-0.2, 0) is 24.1 Å². The molecule has 1 aliphatic carbocycles. The van der Waals surface area contributed by atoms with Crippen molar-refractivity contribution in [1.29, 1.82) is 5.26 Å². The van der Waals surface area contributed by atoms with E-state index in [9.17, 15) is 10.1 Å². The minimum atomic E-state index is -0.101. The third kappa shape index (κ3) is 2.99. The average Bonchev–Trinajstić information content (AvgIpc) is 3.01. The van der Waals surface area contributed by atoms with Crippen molar-refractivity contribution in [2.24, 2.45) is 0 Å². The van der Waals surface area contributed by atoms with Gasteiger partial charge in [-0.05, 0) is 38.2 Å². The SMILES string of the molecule is Cc1nc(CC(=O)Nc2sc3c(c2C#N)CCCC3)cs1. The van der Waals surface area contributed by atoms with Crippen LogP contribution < -0.4 is 5.32 Å². The number of rotatable bonds is 3. The molecule has 0 unspecified atom stereocenters. The molecule has 21 heavy (non-hydrogen) atoms. The van der Waals surface area contributed by atoms with Gasteiger partial charge in [0.05, 0.1) is 22.7 Å². The predicted octanol–water partition coefficient (Wildman–Crippen LogP) is 3.44. The summed E-state index contributed by atoms with van der Waals surface area (Å²) < 4.78 is 0. The Bertz CT molecular complexity index is 724. The summed E-state index contributed by atoms with van der Waals surface area (Å²) in [6, 6.07) is 2.26. The number of fused-ring (bicyclic) bond motifs is 1. The molecule has 0 aromatic carbocycles. The first-order valence-electron chi connectivity index (χ1n) is 6.93. The number of nitriles is 1. The molecule has 0 atom stereocenters. The highest BCUT2D eigenvalue weighted by Crippen LogP contribution is 2.37. The van der Waals surface area contributed by atoms with Crippen LogP contribution in [0.25, 0.3) is 0 Å². The fraction of sp³-hybridized carbons (Fsp3) is 0.400. The molecule has 0 spiro atoms. The van der Waals surface area contributed by atoms with Crippen LogP contribution >= 0.6 is 22.7 Å². The van der Waals surface area contributed by atoms with Gasteiger partial charge in [-0.15, -0.1) is 22.7 Å². The minimum absolute atomic E-state index is 0.101. The van der Waals surface area contributed by atoms with E-state index in [0.29, 0.717) is 10.6 Å². The lowest BCUT2D eigenvalue weighted by atomic mass is 9.96. The number of amides is 1. The van der Waals surface area contributed by atoms with E-state index in [2.05, 4.69) is 16.4 Å². The number of aryl methyl sites for hydroxylation is 2. The Morgan fingerprint density at radius 2 is 2.29 bits per heavy atom. The van der Waals surface area contributed by atoms with Crippen LogP contribution in [0.1, 0.15) is 39.5 Å². The monoisotopic (exact) mass is 317 g/mol. The van der Waals surface area contributed by atoms with Crippen molar-refractivity contribution >= 4 is 33.6 Å². The molecule has 3 rings (SSSR count). The Morgan fingerprint density at radius 3 is 3.00 bits per heavy atom. The number of nitrogens with zero attached hydrogens (tertiary/aromatic N) is 2. The Labute approximate surface area is 131 Å². The first kappa shape index (κ1) is 14.2. The maximum atomic E-state index is 12.1. The topological polar surface area (TPSA) is 65.8 Å². The molecule has 0 saturated heterocycles. The summed E-state index contributed by atoms with van der Waals surface area (Å²) in [6.45, 7) is 1.92. The Hall–Kier alpha value is -1.71. The van der Waals surface area contributed by atoms with Crippen LogP contribution in [0.5, 0.6) is 0 Å². The molecule has 2 heterocycles. The number of anilines is 1. The van der Waals surface area contributed by atoms with Gasteiger partial charge in [-0.25, -0.2) is 4.98 Å². The number of thiazole rings is 1. The molecule has 4 nitrogen and oxygen atoms in total. The van der Waals surface area contributed by atoms with Crippen molar-refractivity contribution in [3.63, 3.8) is 0 Å². The van der Waals surface area contributed by atoms with E-state index in [1.165, 1.54) is 11.3 Å². The van der Waals surface area contributed by atoms with Gasteiger partial charge in [0.25, 0.3) is 0 Å². The molecule has 0 saturated carbocycles. The van der Waals surface area contributed by atoms with E-state index in [4.69, 9.17) is 0 Å². The molecular formula is C15H15N3OS2. The second kappa shape index (κ2) is 5.96. The average molecular weight is 317 g/mol. The van der Waals surface area contributed by atoms with E-state index in [1.54, 1.807) is 22.7 Å². The van der Waals surface area contributed by atoms with Crippen molar-refractivity contribution in [2.75, 3.05) is 5.32 Å². The number of hydrogen-bond acceptors (Lipinski definition) is 5. The maximum Gasteiger partial charge on any atom is 0.231 e. The molecule has 2 aromatic heterocycles. The number of nitrogens with one attached hydrogen (secondary N) is 1. The number of carbonyl (C=O) groups excluding carboxylic acids is 1. The minimum Gasteiger partial charge on any atom is -0.316 e. The molecular weight excluding hydrogens is 302 g/mol. The molecule has 2 aromatic rings. The second-order valence-electron chi connectivity index (χ2n) is 5.11. The second-order valence-corrected chi connectivity index (χ2v) is 7.28. The fourth-order valence-corrected chi connectivity index (χ4v) is 4.47. The van der Waals surface area contributed by atoms with Gasteiger partial charge in [-0.1, -0.05) is 0 Å². The van der Waals surface area contributed by atoms with Crippen LogP contribution in [0.3, 0.4) is 0 Å². The summed E-state index contributed by atoms with van der Waals surface area (Å²) in [7, 11) is 0. The Morgan fingerprint density at radius 1 is 1.48 bits per heavy atom. The zero-order valence-corrected chi connectivity index (χ0v) is 13.4. The van der Waals surface area contributed by atoms with Crippen LogP contribution in [0.4, 0.5) is 5.00 Å². The summed E-state index contributed by atoms with van der Waals surface area (Å²) in [4.78, 5) is 17.7. The lowest BCUT2D eigenvalue weighted by Crippen LogP contribution is -2.14. The van der Waals surface area contributed by atoms with Gasteiger partial charge in [-0.2, -0.15) is 5.26 Å². The standard InChI is InChI=1S/C15H15N3OS2/c1-9-17-10(8-20-9)6-14(19)18-15-12(7-16)11-4-2-3-5-13(11)21-15/h8H,2-6H2,1H3,(H,18,19). The molecule has 0 bridgehead atoms. The van der Waals surface area contributed by atoms with E-state index < -0.39 is 0 Å². The molecule has 0 aliphatic heterocycles. The van der Waals surface area contributed by atoms with Gasteiger partial charge < -0.3 is 5.32 Å². The maximum absolute atomic E-state index is 12.1. The summed E-state index contributed by atoms with van der Waals surface area (Å²) in [6.07, 6.45) is 4.54. The quantitative estimate of drug-likeness (QED) is 0.943. The van der Waals surface area contributed by atoms with Crippen molar-refractivity contribution in [3.05, 3.63) is 32.1 Å². The van der Waals surface area contributed by atoms with E-state index in [1.807, 2.05) is 12.3 Å². The summed E-state index contributed by atoms with van der Waals surface area (Å²) in [5, 5.41) is 15.8. The van der Waals surface area contributed by atoms with E-state index >= 15 is 0 Å². The number of carbonyl (C=O) groups is 1. The smallest absolute Gasteiger partial charge is 0.231 e. The first-order valence-corrected chi connectivity index (χ1v) is 8.62. The number of aromatic nitrogens is 1. The molecule has 1 N–H and O–H groups in total. The zero-order chi connectivity index (χ0) is 14.8. The lowest BCUT2D eigenvalue weighted by molar-refractivity contribution is -0.115. The molecule has 108 valence electrons. The highest BCUT2D eigenvalue weighted by molar-refractivity contribution is 7.16. The van der Waals surface area contributed by atoms with Crippen molar-refractivity contribution in [3.8, 4) is 6.07 Å². The van der Waals surface area contributed by atoms with E-state index in [0.717, 1.165) is 35.5 Å². The van der Waals surface area contributed by atoms with Gasteiger partial charge in [0.2, 0.25) is 5.91 Å². The van der Waals surface area contributed by atoms with Crippen LogP contribution in [0.2, 0.25) is 0 Å². The normalized spacial score (nSPS) is 13.5. The third-order valence-electron chi connectivity index (χ3n) is 3.54. The highest BCUT2D eigenvalue weighted by Gasteiger charge is 2.21. The van der Waals surface area contributed by atoms with Gasteiger partial charge in [0.1, 0.15) is 11.1 Å². The highest BCUT2D eigenvalue weighted by atomic mass is 32.1. The van der Waals surface area contributed by atoms with Gasteiger partial charge in [0.15, 0.2) is 0 Å². The molecule has 1 aliphatic rings. The molecule has 0 radical (unpaired) electrons. The Balaban J connectivity index is 1.77. The van der Waals surface area contributed by atoms with Crippen LogP contribution in [0, 0.1) is 18.3 Å². The largest absolute Gasteiger partial charge is 0.316 e. The summed E-state index contributed by atoms with van der Waals surface area (Å²) in [5.41, 5.74) is 2.60. The van der Waals surface area contributed by atoms with Gasteiger partial charge in [0, 0.05) is 10.3 Å². The van der Waals surface area contributed by atoms with E-state index in [-0.39, 0.29) is 12.3 Å². The molecule has 0 fully saturated rings. The van der Waals surface area contributed by atoms with Crippen LogP contribution in [-0.4, -0.2) is 10.9 Å². The zero-order valence-electron chi connectivity index (χ0n) is 11.7. The van der Waals surface area contributed by atoms with Crippen LogP contribution in [0.15, 0.2) is 5.38 Å². The summed E-state index contributed by atoms with van der Waals surface area (Å²) >= 11 is 3.10. The molecule has 1 amide bonds. The van der Waals surface area contributed by atoms with Gasteiger partial charge in [-0.3, -0.25) is 4.79 Å². The number of hydrogen-bond donors (Lipinski definition) is 1. The van der Waals surface area contributed by atoms with Crippen molar-refractivity contribution in [2.45, 2.75) is 39.0 Å². The lowest BCUT2D eigenvalue weighted by Gasteiger charge is -2.09. The van der Waals surface area contributed by atoms with Crippen molar-refractivity contribution < 1.29 is 4.79 Å². The van der Waals surface area contributed by atoms with Gasteiger partial charge >= 0.3 is 0 Å². The first-order chi connectivity index (χ1) is 10.2. The summed E-state index contributed by atoms with van der Waals surface area (Å²) in [5.74, 6) is -0.101.